The van der Waals surface area contributed by atoms with Crippen molar-refractivity contribution in [1.29, 1.82) is 5.26 Å². The average Bonchev–Trinajstić information content (AvgIpc) is 2.41. The highest BCUT2D eigenvalue weighted by Gasteiger charge is 2.27. The number of hydrogen-bond acceptors (Lipinski definition) is 2. The van der Waals surface area contributed by atoms with Crippen molar-refractivity contribution in [2.24, 2.45) is 0 Å². The number of nitriles is 1. The van der Waals surface area contributed by atoms with E-state index in [4.69, 9.17) is 5.26 Å². The van der Waals surface area contributed by atoms with Crippen LogP contribution >= 0.6 is 0 Å². The van der Waals surface area contributed by atoms with Gasteiger partial charge in [-0.2, -0.15) is 18.4 Å². The Morgan fingerprint density at radius 1 is 1.30 bits per heavy atom. The Morgan fingerprint density at radius 2 is 1.90 bits per heavy atom. The van der Waals surface area contributed by atoms with E-state index in [9.17, 15) is 18.0 Å². The van der Waals surface area contributed by atoms with E-state index in [-0.39, 0.29) is 18.9 Å². The third kappa shape index (κ3) is 5.74. The van der Waals surface area contributed by atoms with E-state index >= 15 is 0 Å². The number of rotatable bonds is 5. The monoisotopic (exact) mass is 284 g/mol. The van der Waals surface area contributed by atoms with Crippen LogP contribution in [0.3, 0.4) is 0 Å². The molecule has 1 rings (SSSR count). The van der Waals surface area contributed by atoms with Crippen LogP contribution in [0.1, 0.15) is 24.0 Å². The van der Waals surface area contributed by atoms with Crippen molar-refractivity contribution >= 4 is 5.91 Å². The number of hydrogen-bond donors (Lipinski definition) is 0. The molecule has 0 unspecified atom stereocenters. The number of aryl methyl sites for hydroxylation is 1. The number of alkyl halides is 3. The van der Waals surface area contributed by atoms with E-state index in [2.05, 4.69) is 0 Å². The first kappa shape index (κ1) is 16.0. The first-order chi connectivity index (χ1) is 9.31. The smallest absolute Gasteiger partial charge is 0.345 e. The van der Waals surface area contributed by atoms with Gasteiger partial charge in [0.2, 0.25) is 5.91 Å². The van der Waals surface area contributed by atoms with Gasteiger partial charge in [0.15, 0.2) is 0 Å². The van der Waals surface area contributed by atoms with Crippen LogP contribution in [-0.4, -0.2) is 30.6 Å². The minimum absolute atomic E-state index is 0.153. The average molecular weight is 284 g/mol. The lowest BCUT2D eigenvalue weighted by atomic mass is 10.1. The molecule has 6 heteroatoms. The quantitative estimate of drug-likeness (QED) is 0.834. The molecule has 0 aromatic heterocycles. The lowest BCUT2D eigenvalue weighted by Crippen LogP contribution is -2.30. The predicted octanol–water partition coefficient (Wildman–Crippen LogP) is 2.90. The molecule has 0 radical (unpaired) electrons. The van der Waals surface area contributed by atoms with Crippen LogP contribution in [0.2, 0.25) is 0 Å². The Labute approximate surface area is 115 Å². The molecule has 0 heterocycles. The van der Waals surface area contributed by atoms with Crippen molar-refractivity contribution in [1.82, 2.24) is 4.90 Å². The first-order valence-electron chi connectivity index (χ1n) is 6.11. The van der Waals surface area contributed by atoms with Crippen molar-refractivity contribution < 1.29 is 18.0 Å². The van der Waals surface area contributed by atoms with Crippen molar-refractivity contribution in [3.63, 3.8) is 0 Å². The fourth-order valence-corrected chi connectivity index (χ4v) is 1.61. The second kappa shape index (κ2) is 6.94. The number of halogens is 3. The minimum Gasteiger partial charge on any atom is -0.345 e. The van der Waals surface area contributed by atoms with Gasteiger partial charge in [-0.05, 0) is 24.1 Å². The molecule has 1 amide bonds. The summed E-state index contributed by atoms with van der Waals surface area (Å²) in [6.07, 6.45) is -4.64. The number of nitrogens with zero attached hydrogens (tertiary/aromatic N) is 2. The summed E-state index contributed by atoms with van der Waals surface area (Å²) in [5.41, 5.74) is 1.41. The maximum absolute atomic E-state index is 12.0. The van der Waals surface area contributed by atoms with Crippen molar-refractivity contribution in [2.75, 3.05) is 13.6 Å². The van der Waals surface area contributed by atoms with Crippen LogP contribution in [0.5, 0.6) is 0 Å². The summed E-state index contributed by atoms with van der Waals surface area (Å²) in [7, 11) is 1.37. The molecule has 1 aromatic carbocycles. The van der Waals surface area contributed by atoms with Crippen LogP contribution in [0.4, 0.5) is 13.2 Å². The summed E-state index contributed by atoms with van der Waals surface area (Å²) in [5, 5.41) is 8.64. The van der Waals surface area contributed by atoms with Crippen molar-refractivity contribution in [3.8, 4) is 6.07 Å². The summed E-state index contributed by atoms with van der Waals surface area (Å²) < 4.78 is 36.1. The minimum atomic E-state index is -4.25. The van der Waals surface area contributed by atoms with Gasteiger partial charge in [0.25, 0.3) is 0 Å². The summed E-state index contributed by atoms with van der Waals surface area (Å²) in [6.45, 7) is -0.324. The van der Waals surface area contributed by atoms with Gasteiger partial charge in [-0.25, -0.2) is 0 Å². The van der Waals surface area contributed by atoms with Crippen LogP contribution in [0.15, 0.2) is 24.3 Å². The summed E-state index contributed by atoms with van der Waals surface area (Å²) in [5.74, 6) is -0.321. The molecule has 3 nitrogen and oxygen atoms in total. The van der Waals surface area contributed by atoms with Gasteiger partial charge >= 0.3 is 6.18 Å². The molecule has 0 saturated carbocycles. The molecule has 0 aliphatic rings. The molecule has 0 bridgehead atoms. The van der Waals surface area contributed by atoms with Gasteiger partial charge in [0, 0.05) is 20.0 Å². The Morgan fingerprint density at radius 3 is 2.40 bits per heavy atom. The van der Waals surface area contributed by atoms with E-state index in [1.807, 2.05) is 6.07 Å². The van der Waals surface area contributed by atoms with Crippen molar-refractivity contribution in [3.05, 3.63) is 35.4 Å². The molecule has 0 spiro atoms. The molecule has 0 saturated heterocycles. The van der Waals surface area contributed by atoms with Gasteiger partial charge in [-0.1, -0.05) is 12.1 Å². The lowest BCUT2D eigenvalue weighted by Gasteiger charge is -2.18. The maximum Gasteiger partial charge on any atom is 0.390 e. The van der Waals surface area contributed by atoms with Crippen molar-refractivity contribution in [2.45, 2.75) is 25.4 Å². The molecule has 0 fully saturated rings. The first-order valence-corrected chi connectivity index (χ1v) is 6.11. The standard InChI is InChI=1S/C14H15F3N2O/c1-19(9-8-14(15,16)17)13(20)7-6-11-2-4-12(10-18)5-3-11/h2-5H,6-9H2,1H3. The molecule has 0 aliphatic carbocycles. The van der Waals surface area contributed by atoms with E-state index in [1.54, 1.807) is 24.3 Å². The molecule has 0 aliphatic heterocycles. The summed E-state index contributed by atoms with van der Waals surface area (Å²) >= 11 is 0. The third-order valence-electron chi connectivity index (χ3n) is 2.87. The third-order valence-corrected chi connectivity index (χ3v) is 2.87. The van der Waals surface area contributed by atoms with Crippen LogP contribution in [0.25, 0.3) is 0 Å². The highest BCUT2D eigenvalue weighted by Crippen LogP contribution is 2.19. The highest BCUT2D eigenvalue weighted by molar-refractivity contribution is 5.76. The van der Waals surface area contributed by atoms with Gasteiger partial charge in [-0.3, -0.25) is 4.79 Å². The molecule has 0 N–H and O–H groups in total. The van der Waals surface area contributed by atoms with E-state index in [0.29, 0.717) is 12.0 Å². The van der Waals surface area contributed by atoms with Crippen LogP contribution < -0.4 is 0 Å². The Balaban J connectivity index is 2.40. The molecular weight excluding hydrogens is 269 g/mol. The highest BCUT2D eigenvalue weighted by atomic mass is 19.4. The normalized spacial score (nSPS) is 10.9. The predicted molar refractivity (Wildman–Crippen MR) is 67.8 cm³/mol. The van der Waals surface area contributed by atoms with E-state index in [0.717, 1.165) is 10.5 Å². The number of benzene rings is 1. The van der Waals surface area contributed by atoms with Crippen LogP contribution in [-0.2, 0) is 11.2 Å². The number of carbonyl (C=O) groups is 1. The Bertz CT molecular complexity index is 489. The zero-order valence-corrected chi connectivity index (χ0v) is 11.1. The largest absolute Gasteiger partial charge is 0.390 e. The Kier molecular flexibility index (Phi) is 5.56. The van der Waals surface area contributed by atoms with E-state index < -0.39 is 12.6 Å². The second-order valence-corrected chi connectivity index (χ2v) is 4.49. The topological polar surface area (TPSA) is 44.1 Å². The number of amides is 1. The van der Waals surface area contributed by atoms with Gasteiger partial charge in [-0.15, -0.1) is 0 Å². The van der Waals surface area contributed by atoms with Gasteiger partial charge < -0.3 is 4.90 Å². The van der Waals surface area contributed by atoms with Gasteiger partial charge in [0.05, 0.1) is 18.1 Å². The second-order valence-electron chi connectivity index (χ2n) is 4.49. The molecule has 1 aromatic rings. The summed E-state index contributed by atoms with van der Waals surface area (Å²) in [4.78, 5) is 12.8. The molecule has 0 atom stereocenters. The zero-order chi connectivity index (χ0) is 15.2. The molecule has 108 valence electrons. The Hall–Kier alpha value is -2.03. The van der Waals surface area contributed by atoms with E-state index in [1.165, 1.54) is 7.05 Å². The number of carbonyl (C=O) groups excluding carboxylic acids is 1. The molecule has 20 heavy (non-hydrogen) atoms. The zero-order valence-electron chi connectivity index (χ0n) is 11.1. The fraction of sp³-hybridized carbons (Fsp3) is 0.429. The lowest BCUT2D eigenvalue weighted by molar-refractivity contribution is -0.144. The summed E-state index contributed by atoms with van der Waals surface area (Å²) in [6, 6.07) is 8.75. The van der Waals surface area contributed by atoms with Gasteiger partial charge in [0.1, 0.15) is 0 Å². The SMILES string of the molecule is CN(CCC(F)(F)F)C(=O)CCc1ccc(C#N)cc1. The maximum atomic E-state index is 12.0. The van der Waals surface area contributed by atoms with Crippen LogP contribution in [0, 0.1) is 11.3 Å². The fourth-order valence-electron chi connectivity index (χ4n) is 1.61. The molecular formula is C14H15F3N2O.